The van der Waals surface area contributed by atoms with Crippen molar-refractivity contribution in [1.29, 1.82) is 0 Å². The van der Waals surface area contributed by atoms with Crippen molar-refractivity contribution >= 4 is 11.8 Å². The zero-order valence-electron chi connectivity index (χ0n) is 17.8. The van der Waals surface area contributed by atoms with Crippen LogP contribution >= 0.6 is 0 Å². The number of benzene rings is 3. The van der Waals surface area contributed by atoms with E-state index in [2.05, 4.69) is 10.9 Å². The van der Waals surface area contributed by atoms with E-state index in [0.29, 0.717) is 29.0 Å². The van der Waals surface area contributed by atoms with Gasteiger partial charge in [0.15, 0.2) is 11.5 Å². The molecule has 0 aliphatic carbocycles. The molecule has 2 amide bonds. The standard InChI is InChI=1S/C25H26N2O4/c1-17(2)31-22-14-13-20(16-23(22)30-3)24(28)26-27-25(29)21-12-8-7-11-19(21)15-18-9-5-4-6-10-18/h4-14,16-17H,15H2,1-3H3,(H,26,28)(H,27,29). The minimum atomic E-state index is -0.455. The highest BCUT2D eigenvalue weighted by atomic mass is 16.5. The lowest BCUT2D eigenvalue weighted by Gasteiger charge is -2.15. The van der Waals surface area contributed by atoms with Crippen molar-refractivity contribution in [2.24, 2.45) is 0 Å². The van der Waals surface area contributed by atoms with Crippen molar-refractivity contribution in [3.05, 3.63) is 95.1 Å². The number of nitrogens with one attached hydrogen (secondary N) is 2. The monoisotopic (exact) mass is 418 g/mol. The van der Waals surface area contributed by atoms with Crippen LogP contribution < -0.4 is 20.3 Å². The van der Waals surface area contributed by atoms with Crippen LogP contribution in [0, 0.1) is 0 Å². The molecule has 0 bridgehead atoms. The molecule has 31 heavy (non-hydrogen) atoms. The average Bonchev–Trinajstić information content (AvgIpc) is 2.78. The Labute approximate surface area is 182 Å². The molecule has 2 N–H and O–H groups in total. The zero-order valence-corrected chi connectivity index (χ0v) is 17.8. The second-order valence-electron chi connectivity index (χ2n) is 7.26. The molecule has 0 heterocycles. The van der Waals surface area contributed by atoms with Crippen LogP contribution in [-0.2, 0) is 6.42 Å². The normalized spacial score (nSPS) is 10.5. The highest BCUT2D eigenvalue weighted by Gasteiger charge is 2.15. The van der Waals surface area contributed by atoms with Crippen LogP contribution in [-0.4, -0.2) is 25.0 Å². The molecule has 0 saturated carbocycles. The fourth-order valence-corrected chi connectivity index (χ4v) is 3.12. The highest BCUT2D eigenvalue weighted by Crippen LogP contribution is 2.28. The third-order valence-electron chi connectivity index (χ3n) is 4.58. The Morgan fingerprint density at radius 3 is 2.23 bits per heavy atom. The van der Waals surface area contributed by atoms with Crippen LogP contribution in [0.2, 0.25) is 0 Å². The molecule has 0 aromatic heterocycles. The van der Waals surface area contributed by atoms with Gasteiger partial charge in [0.2, 0.25) is 0 Å². The number of hydrogen-bond donors (Lipinski definition) is 2. The van der Waals surface area contributed by atoms with Gasteiger partial charge in [-0.2, -0.15) is 0 Å². The molecule has 0 saturated heterocycles. The zero-order chi connectivity index (χ0) is 22.2. The van der Waals surface area contributed by atoms with Gasteiger partial charge in [0, 0.05) is 11.1 Å². The van der Waals surface area contributed by atoms with Crippen LogP contribution in [0.4, 0.5) is 0 Å². The van der Waals surface area contributed by atoms with Gasteiger partial charge in [-0.25, -0.2) is 0 Å². The van der Waals surface area contributed by atoms with Crippen molar-refractivity contribution in [3.63, 3.8) is 0 Å². The number of amides is 2. The first-order chi connectivity index (χ1) is 15.0. The number of hydrazine groups is 1. The summed E-state index contributed by atoms with van der Waals surface area (Å²) in [6, 6.07) is 22.1. The van der Waals surface area contributed by atoms with E-state index in [1.807, 2.05) is 56.3 Å². The lowest BCUT2D eigenvalue weighted by atomic mass is 9.99. The van der Waals surface area contributed by atoms with E-state index in [0.717, 1.165) is 11.1 Å². The molecule has 0 radical (unpaired) electrons. The maximum Gasteiger partial charge on any atom is 0.269 e. The molecular formula is C25H26N2O4. The average molecular weight is 418 g/mol. The molecule has 3 aromatic rings. The minimum absolute atomic E-state index is 0.0242. The topological polar surface area (TPSA) is 76.7 Å². The van der Waals surface area contributed by atoms with Crippen LogP contribution in [0.1, 0.15) is 45.7 Å². The Morgan fingerprint density at radius 1 is 0.839 bits per heavy atom. The summed E-state index contributed by atoms with van der Waals surface area (Å²) in [4.78, 5) is 25.3. The van der Waals surface area contributed by atoms with Crippen molar-refractivity contribution in [1.82, 2.24) is 10.9 Å². The summed E-state index contributed by atoms with van der Waals surface area (Å²) >= 11 is 0. The number of rotatable bonds is 7. The van der Waals surface area contributed by atoms with Gasteiger partial charge < -0.3 is 9.47 Å². The molecule has 0 unspecified atom stereocenters. The van der Waals surface area contributed by atoms with Gasteiger partial charge in [0.25, 0.3) is 11.8 Å². The summed E-state index contributed by atoms with van der Waals surface area (Å²) in [5.74, 6) is 0.156. The van der Waals surface area contributed by atoms with E-state index in [-0.39, 0.29) is 12.0 Å². The fourth-order valence-electron chi connectivity index (χ4n) is 3.12. The van der Waals surface area contributed by atoms with Crippen LogP contribution in [0.25, 0.3) is 0 Å². The fraction of sp³-hybridized carbons (Fsp3) is 0.200. The summed E-state index contributed by atoms with van der Waals surface area (Å²) in [6.45, 7) is 3.82. The summed E-state index contributed by atoms with van der Waals surface area (Å²) < 4.78 is 11.0. The van der Waals surface area contributed by atoms with Gasteiger partial charge in [0.1, 0.15) is 0 Å². The predicted octanol–water partition coefficient (Wildman–Crippen LogP) is 4.15. The Balaban J connectivity index is 1.68. The van der Waals surface area contributed by atoms with E-state index >= 15 is 0 Å². The Kier molecular flexibility index (Phi) is 7.27. The van der Waals surface area contributed by atoms with Crippen LogP contribution in [0.5, 0.6) is 11.5 Å². The molecule has 160 valence electrons. The van der Waals surface area contributed by atoms with Crippen molar-refractivity contribution < 1.29 is 19.1 Å². The molecule has 6 nitrogen and oxygen atoms in total. The summed E-state index contributed by atoms with van der Waals surface area (Å²) in [5.41, 5.74) is 7.78. The molecule has 0 aliphatic rings. The van der Waals surface area contributed by atoms with Crippen molar-refractivity contribution in [2.75, 3.05) is 7.11 Å². The molecule has 6 heteroatoms. The molecule has 0 spiro atoms. The number of methoxy groups -OCH3 is 1. The smallest absolute Gasteiger partial charge is 0.269 e. The van der Waals surface area contributed by atoms with E-state index in [9.17, 15) is 9.59 Å². The first-order valence-electron chi connectivity index (χ1n) is 10.0. The van der Waals surface area contributed by atoms with E-state index in [4.69, 9.17) is 9.47 Å². The van der Waals surface area contributed by atoms with Gasteiger partial charge in [-0.15, -0.1) is 0 Å². The first-order valence-corrected chi connectivity index (χ1v) is 10.0. The van der Waals surface area contributed by atoms with E-state index < -0.39 is 5.91 Å². The number of carbonyl (C=O) groups excluding carboxylic acids is 2. The number of ether oxygens (including phenoxy) is 2. The summed E-state index contributed by atoms with van der Waals surface area (Å²) in [7, 11) is 1.51. The quantitative estimate of drug-likeness (QED) is 0.565. The largest absolute Gasteiger partial charge is 0.493 e. The molecular weight excluding hydrogens is 392 g/mol. The first kappa shape index (κ1) is 21.9. The molecule has 0 fully saturated rings. The van der Waals surface area contributed by atoms with E-state index in [1.54, 1.807) is 30.3 Å². The molecule has 0 aliphatic heterocycles. The maximum absolute atomic E-state index is 12.7. The van der Waals surface area contributed by atoms with Gasteiger partial charge in [-0.3, -0.25) is 20.4 Å². The van der Waals surface area contributed by atoms with Crippen LogP contribution in [0.3, 0.4) is 0 Å². The predicted molar refractivity (Wildman–Crippen MR) is 119 cm³/mol. The molecule has 0 atom stereocenters. The Morgan fingerprint density at radius 2 is 1.52 bits per heavy atom. The minimum Gasteiger partial charge on any atom is -0.493 e. The van der Waals surface area contributed by atoms with Crippen LogP contribution in [0.15, 0.2) is 72.8 Å². The molecule has 3 aromatic carbocycles. The lowest BCUT2D eigenvalue weighted by molar-refractivity contribution is 0.0846. The van der Waals surface area contributed by atoms with Gasteiger partial charge >= 0.3 is 0 Å². The van der Waals surface area contributed by atoms with Gasteiger partial charge in [-0.1, -0.05) is 48.5 Å². The second-order valence-corrected chi connectivity index (χ2v) is 7.26. The molecule has 3 rings (SSSR count). The van der Waals surface area contributed by atoms with Gasteiger partial charge in [0.05, 0.1) is 13.2 Å². The Hall–Kier alpha value is -3.80. The third kappa shape index (κ3) is 5.85. The summed E-state index contributed by atoms with van der Waals surface area (Å²) in [6.07, 6.45) is 0.594. The number of hydrogen-bond acceptors (Lipinski definition) is 4. The Bertz CT molecular complexity index is 1050. The van der Waals surface area contributed by atoms with E-state index in [1.165, 1.54) is 7.11 Å². The summed E-state index contributed by atoms with van der Waals surface area (Å²) in [5, 5.41) is 0. The van der Waals surface area contributed by atoms with Crippen molar-refractivity contribution in [3.8, 4) is 11.5 Å². The third-order valence-corrected chi connectivity index (χ3v) is 4.58. The van der Waals surface area contributed by atoms with Crippen molar-refractivity contribution in [2.45, 2.75) is 26.4 Å². The maximum atomic E-state index is 12.7. The second kappa shape index (κ2) is 10.3. The number of carbonyl (C=O) groups is 2. The van der Waals surface area contributed by atoms with Gasteiger partial charge in [-0.05, 0) is 55.7 Å². The highest BCUT2D eigenvalue weighted by molar-refractivity contribution is 6.00. The SMILES string of the molecule is COc1cc(C(=O)NNC(=O)c2ccccc2Cc2ccccc2)ccc1OC(C)C. The lowest BCUT2D eigenvalue weighted by Crippen LogP contribution is -2.42.